The van der Waals surface area contributed by atoms with Gasteiger partial charge < -0.3 is 23.3 Å². The number of aromatic nitrogens is 4. The molecule has 10 rings (SSSR count). The molecule has 4 aliphatic rings. The summed E-state index contributed by atoms with van der Waals surface area (Å²) in [4.78, 5) is 14.3. The van der Waals surface area contributed by atoms with E-state index in [1.165, 1.54) is 22.1 Å². The van der Waals surface area contributed by atoms with Gasteiger partial charge in [-0.25, -0.2) is 0 Å². The molecule has 200 valence electrons. The van der Waals surface area contributed by atoms with Gasteiger partial charge in [0, 0.05) is 61.0 Å². The number of fused-ring (bicyclic) bond motifs is 16. The zero-order valence-electron chi connectivity index (χ0n) is 22.2. The van der Waals surface area contributed by atoms with Gasteiger partial charge in [-0.3, -0.25) is 9.97 Å². The Bertz CT molecular complexity index is 1910. The van der Waals surface area contributed by atoms with E-state index in [0.717, 1.165) is 47.2 Å². The molecule has 0 amide bonds. The Hall–Kier alpha value is -4.48. The van der Waals surface area contributed by atoms with Crippen LogP contribution in [0.1, 0.15) is 11.1 Å². The van der Waals surface area contributed by atoms with Crippen molar-refractivity contribution in [3.8, 4) is 34.3 Å². The van der Waals surface area contributed by atoms with E-state index in [4.69, 9.17) is 14.7 Å². The van der Waals surface area contributed by atoms with E-state index in [1.807, 2.05) is 24.5 Å². The van der Waals surface area contributed by atoms with Crippen molar-refractivity contribution < 1.29 is 25.8 Å². The molecule has 6 heterocycles. The van der Waals surface area contributed by atoms with E-state index >= 15 is 0 Å². The van der Waals surface area contributed by atoms with Crippen LogP contribution in [0.15, 0.2) is 97.6 Å². The molecular formula is C32H20B2N6OPt. The fraction of sp³-hybridized carbons (Fsp3) is 0.0625. The van der Waals surface area contributed by atoms with Crippen molar-refractivity contribution >= 4 is 36.3 Å². The first-order chi connectivity index (χ1) is 20.3. The first-order valence-corrected chi connectivity index (χ1v) is 13.9. The van der Waals surface area contributed by atoms with Crippen LogP contribution in [-0.2, 0) is 34.2 Å². The van der Waals surface area contributed by atoms with E-state index in [1.54, 1.807) is 0 Å². The normalized spacial score (nSPS) is 14.6. The van der Waals surface area contributed by atoms with Gasteiger partial charge in [0.1, 0.15) is 0 Å². The van der Waals surface area contributed by atoms with Crippen molar-refractivity contribution in [2.24, 2.45) is 0 Å². The Balaban J connectivity index is 0.00000250. The van der Waals surface area contributed by atoms with Gasteiger partial charge in [-0.1, -0.05) is 95.3 Å². The predicted molar refractivity (Wildman–Crippen MR) is 160 cm³/mol. The minimum atomic E-state index is 0. The van der Waals surface area contributed by atoms with Crippen LogP contribution >= 0.6 is 0 Å². The van der Waals surface area contributed by atoms with Crippen LogP contribution in [0.4, 0.5) is 11.4 Å². The molecule has 2 aromatic heterocycles. The predicted octanol–water partition coefficient (Wildman–Crippen LogP) is 3.96. The van der Waals surface area contributed by atoms with Crippen LogP contribution in [-0.4, -0.2) is 32.9 Å². The van der Waals surface area contributed by atoms with E-state index in [2.05, 4.69) is 104 Å². The second-order valence-corrected chi connectivity index (χ2v) is 11.0. The number of nitrogens with zero attached hydrogens (tertiary/aromatic N) is 6. The summed E-state index contributed by atoms with van der Waals surface area (Å²) in [5.41, 5.74) is 9.46. The zero-order valence-corrected chi connectivity index (χ0v) is 24.5. The fourth-order valence-corrected chi connectivity index (χ4v) is 7.17. The Morgan fingerprint density at radius 2 is 1.10 bits per heavy atom. The van der Waals surface area contributed by atoms with Gasteiger partial charge in [0.05, 0.1) is 0 Å². The monoisotopic (exact) mass is 721 g/mol. The van der Waals surface area contributed by atoms with Crippen molar-refractivity contribution in [3.05, 3.63) is 121 Å². The molecule has 0 atom stereocenters. The van der Waals surface area contributed by atoms with E-state index < -0.39 is 0 Å². The Morgan fingerprint density at radius 3 is 1.60 bits per heavy atom. The van der Waals surface area contributed by atoms with Gasteiger partial charge in [-0.15, -0.1) is 12.1 Å². The van der Waals surface area contributed by atoms with Gasteiger partial charge in [0.25, 0.3) is 0 Å². The molecule has 7 nitrogen and oxygen atoms in total. The molecular weight excluding hydrogens is 701 g/mol. The summed E-state index contributed by atoms with van der Waals surface area (Å²) < 4.78 is 10.9. The van der Waals surface area contributed by atoms with Gasteiger partial charge >= 0.3 is 35.0 Å². The van der Waals surface area contributed by atoms with Crippen molar-refractivity contribution in [1.82, 2.24) is 18.9 Å². The SMILES string of the molecule is [Pt+2].[c-]1c(Oc2[c-]c3c(cc2)N2Cc4ccccc4B2n2ccnc2-3)ccc2c1-c1nccn1B1c3ccccc3CN12. The van der Waals surface area contributed by atoms with Crippen LogP contribution < -0.4 is 25.3 Å². The molecule has 0 N–H and O–H groups in total. The molecule has 0 unspecified atom stereocenters. The average Bonchev–Trinajstić information content (AvgIpc) is 3.80. The van der Waals surface area contributed by atoms with Crippen LogP contribution in [0.2, 0.25) is 0 Å². The summed E-state index contributed by atoms with van der Waals surface area (Å²) in [6.07, 6.45) is 7.85. The van der Waals surface area contributed by atoms with Crippen LogP contribution in [0.25, 0.3) is 22.8 Å². The molecule has 0 aliphatic carbocycles. The van der Waals surface area contributed by atoms with Crippen LogP contribution in [0.5, 0.6) is 11.5 Å². The molecule has 6 aromatic rings. The second kappa shape index (κ2) is 8.76. The summed E-state index contributed by atoms with van der Waals surface area (Å²) in [6, 6.07) is 32.7. The average molecular weight is 721 g/mol. The molecule has 0 radical (unpaired) electrons. The number of rotatable bonds is 2. The standard InChI is InChI=1S/C32H20B2N6O.Pt/c1-3-7-27-21(5-1)19-39-29-11-9-23(17-25(29)31-35-13-15-37(31)33(27)39)41-24-10-12-30-26(18-24)32-36-14-16-38(32)34-28-8-4-2-6-22(28)20-40(30)34;/h1-16H,19-20H2;/q-2;+2. The fourth-order valence-electron chi connectivity index (χ4n) is 7.17. The maximum atomic E-state index is 6.42. The topological polar surface area (TPSA) is 51.4 Å². The van der Waals surface area contributed by atoms with Gasteiger partial charge in [0.15, 0.2) is 0 Å². The number of hydrogen-bond donors (Lipinski definition) is 0. The third-order valence-corrected chi connectivity index (χ3v) is 8.88. The molecule has 10 heteroatoms. The molecule has 0 bridgehead atoms. The van der Waals surface area contributed by atoms with Gasteiger partial charge in [0.2, 0.25) is 0 Å². The summed E-state index contributed by atoms with van der Waals surface area (Å²) in [7, 11) is 0. The van der Waals surface area contributed by atoms with Gasteiger partial charge in [-0.2, -0.15) is 0 Å². The minimum Gasteiger partial charge on any atom is -0.497 e. The molecule has 4 aliphatic heterocycles. The van der Waals surface area contributed by atoms with Crippen molar-refractivity contribution in [3.63, 3.8) is 0 Å². The van der Waals surface area contributed by atoms with Crippen molar-refractivity contribution in [1.29, 1.82) is 0 Å². The van der Waals surface area contributed by atoms with E-state index in [9.17, 15) is 0 Å². The molecule has 0 saturated heterocycles. The Morgan fingerprint density at radius 1 is 0.619 bits per heavy atom. The first kappa shape index (κ1) is 24.1. The Kier molecular flexibility index (Phi) is 5.04. The summed E-state index contributed by atoms with van der Waals surface area (Å²) in [6.45, 7) is 1.92. The molecule has 42 heavy (non-hydrogen) atoms. The van der Waals surface area contributed by atoms with Crippen molar-refractivity contribution in [2.45, 2.75) is 13.1 Å². The summed E-state index contributed by atoms with van der Waals surface area (Å²) in [5.74, 6) is 3.07. The van der Waals surface area contributed by atoms with Crippen LogP contribution in [0.3, 0.4) is 0 Å². The Labute approximate surface area is 257 Å². The second-order valence-electron chi connectivity index (χ2n) is 11.0. The molecule has 0 saturated carbocycles. The first-order valence-electron chi connectivity index (χ1n) is 13.9. The van der Waals surface area contributed by atoms with Gasteiger partial charge in [-0.05, 0) is 22.1 Å². The number of anilines is 2. The summed E-state index contributed by atoms with van der Waals surface area (Å²) >= 11 is 0. The summed E-state index contributed by atoms with van der Waals surface area (Å²) in [5, 5.41) is 0. The number of benzene rings is 4. The maximum absolute atomic E-state index is 6.42. The smallest absolute Gasteiger partial charge is 0.497 e. The minimum absolute atomic E-state index is 0. The number of imidazole rings is 2. The van der Waals surface area contributed by atoms with E-state index in [0.29, 0.717) is 11.5 Å². The zero-order chi connectivity index (χ0) is 26.7. The van der Waals surface area contributed by atoms with Crippen molar-refractivity contribution in [2.75, 3.05) is 9.62 Å². The number of hydrogen-bond acceptors (Lipinski definition) is 5. The maximum Gasteiger partial charge on any atom is 2.00 e. The molecule has 0 spiro atoms. The number of ether oxygens (including phenoxy) is 1. The van der Waals surface area contributed by atoms with Crippen LogP contribution in [0, 0.1) is 12.1 Å². The third-order valence-electron chi connectivity index (χ3n) is 8.88. The molecule has 0 fully saturated rings. The van der Waals surface area contributed by atoms with E-state index in [-0.39, 0.29) is 35.0 Å². The largest absolute Gasteiger partial charge is 2.00 e. The quantitative estimate of drug-likeness (QED) is 0.201. The molecule has 4 aromatic carbocycles. The third kappa shape index (κ3) is 3.17.